The molecule has 36 heavy (non-hydrogen) atoms. The highest BCUT2D eigenvalue weighted by Gasteiger charge is 2.45. The number of aldehydes is 1. The van der Waals surface area contributed by atoms with Gasteiger partial charge in [-0.1, -0.05) is 0 Å². The van der Waals surface area contributed by atoms with E-state index in [1.807, 2.05) is 4.90 Å². The number of carbonyl (C=O) groups excluding carboxylic acids is 5. The van der Waals surface area contributed by atoms with E-state index >= 15 is 0 Å². The molecule has 10 nitrogen and oxygen atoms in total. The largest absolute Gasteiger partial charge is 0.446 e. The number of fused-ring (bicyclic) bond motifs is 1. The van der Waals surface area contributed by atoms with Crippen molar-refractivity contribution >= 4 is 35.6 Å². The van der Waals surface area contributed by atoms with Crippen LogP contribution < -0.4 is 16.0 Å². The van der Waals surface area contributed by atoms with Gasteiger partial charge in [-0.25, -0.2) is 4.39 Å². The van der Waals surface area contributed by atoms with E-state index in [4.69, 9.17) is 10.5 Å². The second-order valence-corrected chi connectivity index (χ2v) is 8.43. The molecule has 4 rings (SSSR count). The van der Waals surface area contributed by atoms with Crippen molar-refractivity contribution in [2.75, 3.05) is 44.2 Å². The number of rotatable bonds is 5. The van der Waals surface area contributed by atoms with Crippen molar-refractivity contribution < 1.29 is 41.5 Å². The zero-order valence-corrected chi connectivity index (χ0v) is 19.1. The van der Waals surface area contributed by atoms with Crippen LogP contribution in [0.1, 0.15) is 40.0 Å². The fourth-order valence-electron chi connectivity index (χ4n) is 4.25. The second-order valence-electron chi connectivity index (χ2n) is 8.43. The molecule has 0 saturated carbocycles. The highest BCUT2D eigenvalue weighted by molar-refractivity contribution is 6.23. The van der Waals surface area contributed by atoms with Gasteiger partial charge in [-0.05, 0) is 38.1 Å². The van der Waals surface area contributed by atoms with Gasteiger partial charge >= 0.3 is 6.18 Å². The first kappa shape index (κ1) is 27.2. The maximum atomic E-state index is 14.8. The first-order valence-electron chi connectivity index (χ1n) is 11.2. The van der Waals surface area contributed by atoms with Gasteiger partial charge in [-0.2, -0.15) is 13.2 Å². The van der Waals surface area contributed by atoms with Gasteiger partial charge in [-0.3, -0.25) is 39.1 Å². The number of piperazine rings is 1. The standard InChI is InChI=1S/C20H24FN5O4.C2HF3O/c21-14-10-12-13(11-16(14)25-8-6-24(7-9-25)5-1-4-22)20(30)26(19(12)29)15-2-3-17(27)23-18(15)28;3-2(4,5)1-6/h10-11,15H,1-9,22H2,(H,23,27,28);1H. The number of anilines is 1. The number of piperidine rings is 1. The lowest BCUT2D eigenvalue weighted by molar-refractivity contribution is -0.156. The maximum Gasteiger partial charge on any atom is 0.446 e. The maximum absolute atomic E-state index is 14.8. The summed E-state index contributed by atoms with van der Waals surface area (Å²) in [6.45, 7) is 4.22. The first-order valence-corrected chi connectivity index (χ1v) is 11.2. The van der Waals surface area contributed by atoms with Crippen molar-refractivity contribution in [2.45, 2.75) is 31.5 Å². The highest BCUT2D eigenvalue weighted by Crippen LogP contribution is 2.33. The third-order valence-corrected chi connectivity index (χ3v) is 6.03. The van der Waals surface area contributed by atoms with Crippen molar-refractivity contribution in [1.29, 1.82) is 0 Å². The smallest absolute Gasteiger partial charge is 0.367 e. The summed E-state index contributed by atoms with van der Waals surface area (Å²) in [5.74, 6) is -3.04. The SMILES string of the molecule is NCCCN1CCN(c2cc3c(cc2F)C(=O)N(C2CCC(=O)NC2=O)C3=O)CC1.O=CC(F)(F)F. The van der Waals surface area contributed by atoms with E-state index in [-0.39, 0.29) is 29.7 Å². The van der Waals surface area contributed by atoms with E-state index in [2.05, 4.69) is 10.2 Å². The van der Waals surface area contributed by atoms with Gasteiger partial charge in [0.2, 0.25) is 18.1 Å². The third-order valence-electron chi connectivity index (χ3n) is 6.03. The molecule has 3 heterocycles. The fourth-order valence-corrected chi connectivity index (χ4v) is 4.25. The van der Waals surface area contributed by atoms with Crippen LogP contribution in [0.3, 0.4) is 0 Å². The summed E-state index contributed by atoms with van der Waals surface area (Å²) in [4.78, 5) is 62.9. The number of imide groups is 2. The molecule has 0 radical (unpaired) electrons. The van der Waals surface area contributed by atoms with E-state index in [9.17, 15) is 36.7 Å². The Balaban J connectivity index is 0.000000538. The summed E-state index contributed by atoms with van der Waals surface area (Å²) in [5.41, 5.74) is 5.87. The molecule has 1 atom stereocenters. The molecule has 14 heteroatoms. The molecule has 196 valence electrons. The summed E-state index contributed by atoms with van der Waals surface area (Å²) in [7, 11) is 0. The predicted octanol–water partition coefficient (Wildman–Crippen LogP) is 0.445. The molecule has 3 aliphatic heterocycles. The number of benzene rings is 1. The number of nitrogens with two attached hydrogens (primary N) is 1. The Morgan fingerprint density at radius 3 is 2.14 bits per heavy atom. The third kappa shape index (κ3) is 6.05. The van der Waals surface area contributed by atoms with Crippen molar-refractivity contribution in [2.24, 2.45) is 5.73 Å². The van der Waals surface area contributed by atoms with Gasteiger partial charge in [0.25, 0.3) is 11.8 Å². The number of amides is 4. The van der Waals surface area contributed by atoms with Crippen LogP contribution in [-0.4, -0.2) is 91.2 Å². The van der Waals surface area contributed by atoms with Crippen LogP contribution >= 0.6 is 0 Å². The summed E-state index contributed by atoms with van der Waals surface area (Å²) in [6.07, 6.45) is -4.69. The number of hydrogen-bond acceptors (Lipinski definition) is 8. The minimum atomic E-state index is -4.64. The van der Waals surface area contributed by atoms with Crippen molar-refractivity contribution in [3.05, 3.63) is 29.1 Å². The van der Waals surface area contributed by atoms with Gasteiger partial charge in [0.15, 0.2) is 0 Å². The number of halogens is 4. The summed E-state index contributed by atoms with van der Waals surface area (Å²) < 4.78 is 46.1. The zero-order valence-electron chi connectivity index (χ0n) is 19.1. The fraction of sp³-hybridized carbons (Fsp3) is 0.500. The first-order chi connectivity index (χ1) is 17.0. The summed E-state index contributed by atoms with van der Waals surface area (Å²) in [5, 5.41) is 2.15. The molecule has 0 aromatic heterocycles. The van der Waals surface area contributed by atoms with Crippen LogP contribution in [-0.2, 0) is 14.4 Å². The van der Waals surface area contributed by atoms with Gasteiger partial charge in [0, 0.05) is 32.6 Å². The number of nitrogens with one attached hydrogen (secondary N) is 1. The Morgan fingerprint density at radius 2 is 1.61 bits per heavy atom. The normalized spacial score (nSPS) is 20.6. The molecule has 0 spiro atoms. The van der Waals surface area contributed by atoms with Gasteiger partial charge in [0.05, 0.1) is 16.8 Å². The molecule has 1 aromatic rings. The molecule has 3 aliphatic rings. The minimum Gasteiger partial charge on any atom is -0.367 e. The zero-order chi connectivity index (χ0) is 26.6. The van der Waals surface area contributed by atoms with Crippen molar-refractivity contribution in [1.82, 2.24) is 15.1 Å². The molecule has 0 aliphatic carbocycles. The lowest BCUT2D eigenvalue weighted by Gasteiger charge is -2.36. The quantitative estimate of drug-likeness (QED) is 0.328. The average molecular weight is 515 g/mol. The number of nitrogens with zero attached hydrogens (tertiary/aromatic N) is 3. The van der Waals surface area contributed by atoms with Crippen LogP contribution in [0.2, 0.25) is 0 Å². The topological polar surface area (TPSA) is 133 Å². The molecule has 3 N–H and O–H groups in total. The molecule has 2 fully saturated rings. The van der Waals surface area contributed by atoms with E-state index in [0.717, 1.165) is 37.0 Å². The van der Waals surface area contributed by atoms with E-state index in [0.29, 0.717) is 19.6 Å². The van der Waals surface area contributed by atoms with E-state index < -0.39 is 48.0 Å². The van der Waals surface area contributed by atoms with Crippen molar-refractivity contribution in [3.63, 3.8) is 0 Å². The Kier molecular flexibility index (Phi) is 8.40. The van der Waals surface area contributed by atoms with E-state index in [1.165, 1.54) is 6.07 Å². The Bertz CT molecular complexity index is 1060. The van der Waals surface area contributed by atoms with E-state index in [1.54, 1.807) is 0 Å². The second kappa shape index (κ2) is 11.1. The van der Waals surface area contributed by atoms with Gasteiger partial charge in [-0.15, -0.1) is 0 Å². The van der Waals surface area contributed by atoms with Crippen LogP contribution in [0.5, 0.6) is 0 Å². The number of hydrogen-bond donors (Lipinski definition) is 2. The van der Waals surface area contributed by atoms with Crippen LogP contribution in [0.15, 0.2) is 12.1 Å². The van der Waals surface area contributed by atoms with Crippen LogP contribution in [0, 0.1) is 5.82 Å². The monoisotopic (exact) mass is 515 g/mol. The molecule has 1 unspecified atom stereocenters. The molecular weight excluding hydrogens is 490 g/mol. The summed E-state index contributed by atoms with van der Waals surface area (Å²) in [6, 6.07) is 1.43. The minimum absolute atomic E-state index is 0.0395. The molecular formula is C22H25F4N5O5. The Hall–Kier alpha value is -3.39. The molecule has 4 amide bonds. The predicted molar refractivity (Wildman–Crippen MR) is 118 cm³/mol. The van der Waals surface area contributed by atoms with Crippen LogP contribution in [0.25, 0.3) is 0 Å². The van der Waals surface area contributed by atoms with Gasteiger partial charge < -0.3 is 10.6 Å². The highest BCUT2D eigenvalue weighted by atomic mass is 19.4. The summed E-state index contributed by atoms with van der Waals surface area (Å²) >= 11 is 0. The Morgan fingerprint density at radius 1 is 1.03 bits per heavy atom. The van der Waals surface area contributed by atoms with Crippen molar-refractivity contribution in [3.8, 4) is 0 Å². The lowest BCUT2D eigenvalue weighted by atomic mass is 10.0. The van der Waals surface area contributed by atoms with Crippen LogP contribution in [0.4, 0.5) is 23.2 Å². The van der Waals surface area contributed by atoms with Gasteiger partial charge in [0.1, 0.15) is 11.9 Å². The number of alkyl halides is 3. The average Bonchev–Trinajstić information content (AvgIpc) is 3.07. The molecule has 0 bridgehead atoms. The molecule has 1 aromatic carbocycles. The lowest BCUT2D eigenvalue weighted by Crippen LogP contribution is -2.54. The Labute approximate surface area is 203 Å². The number of carbonyl (C=O) groups is 5. The molecule has 2 saturated heterocycles.